The number of imidazole rings is 1. The topological polar surface area (TPSA) is 33.1 Å². The maximum absolute atomic E-state index is 4.87. The number of aryl methyl sites for hydroxylation is 2. The molecule has 1 fully saturated rings. The number of rotatable bonds is 7. The summed E-state index contributed by atoms with van der Waals surface area (Å²) < 4.78 is 2.38. The Morgan fingerprint density at radius 2 is 2.25 bits per heavy atom. The molecular formula is C16H30N4. The summed E-state index contributed by atoms with van der Waals surface area (Å²) in [5, 5.41) is 3.32. The molecule has 2 rings (SSSR count). The summed E-state index contributed by atoms with van der Waals surface area (Å²) in [5.74, 6) is 1.96. The van der Waals surface area contributed by atoms with Gasteiger partial charge in [-0.2, -0.15) is 0 Å². The number of piperidine rings is 1. The number of hydrogen-bond acceptors (Lipinski definition) is 3. The van der Waals surface area contributed by atoms with Crippen LogP contribution in [0.25, 0.3) is 0 Å². The second-order valence-corrected chi connectivity index (χ2v) is 5.94. The third-order valence-electron chi connectivity index (χ3n) is 4.21. The highest BCUT2D eigenvalue weighted by Gasteiger charge is 2.23. The van der Waals surface area contributed by atoms with E-state index in [2.05, 4.69) is 41.9 Å². The summed E-state index contributed by atoms with van der Waals surface area (Å²) in [6, 6.07) is 0. The van der Waals surface area contributed by atoms with E-state index < -0.39 is 0 Å². The molecule has 1 unspecified atom stereocenters. The van der Waals surface area contributed by atoms with Crippen LogP contribution in [0.3, 0.4) is 0 Å². The van der Waals surface area contributed by atoms with Crippen LogP contribution in [0.2, 0.25) is 0 Å². The first kappa shape index (κ1) is 15.4. The molecule has 1 atom stereocenters. The molecule has 4 nitrogen and oxygen atoms in total. The molecule has 0 amide bonds. The smallest absolute Gasteiger partial charge is 0.205 e. The quantitative estimate of drug-likeness (QED) is 0.832. The maximum atomic E-state index is 4.87. The van der Waals surface area contributed by atoms with Crippen LogP contribution in [0.4, 0.5) is 5.95 Å². The maximum Gasteiger partial charge on any atom is 0.205 e. The third kappa shape index (κ3) is 3.75. The van der Waals surface area contributed by atoms with Gasteiger partial charge in [0, 0.05) is 25.8 Å². The molecule has 20 heavy (non-hydrogen) atoms. The van der Waals surface area contributed by atoms with E-state index in [0.29, 0.717) is 0 Å². The minimum Gasteiger partial charge on any atom is -0.342 e. The van der Waals surface area contributed by atoms with Gasteiger partial charge in [0.05, 0.1) is 5.69 Å². The molecule has 2 heterocycles. The first-order valence-corrected chi connectivity index (χ1v) is 8.24. The molecule has 0 saturated carbocycles. The predicted octanol–water partition coefficient (Wildman–Crippen LogP) is 2.68. The van der Waals surface area contributed by atoms with Crippen LogP contribution >= 0.6 is 0 Å². The average Bonchev–Trinajstić information content (AvgIpc) is 2.89. The van der Waals surface area contributed by atoms with E-state index in [4.69, 9.17) is 4.98 Å². The van der Waals surface area contributed by atoms with Crippen molar-refractivity contribution in [2.75, 3.05) is 31.6 Å². The van der Waals surface area contributed by atoms with Crippen molar-refractivity contribution in [3.05, 3.63) is 11.9 Å². The summed E-state index contributed by atoms with van der Waals surface area (Å²) in [7, 11) is 2.05. The molecule has 4 heteroatoms. The Kier molecular flexibility index (Phi) is 5.89. The van der Waals surface area contributed by atoms with Crippen molar-refractivity contribution in [2.45, 2.75) is 52.5 Å². The molecular weight excluding hydrogens is 248 g/mol. The number of nitrogens with zero attached hydrogens (tertiary/aromatic N) is 3. The lowest BCUT2D eigenvalue weighted by Crippen LogP contribution is -2.40. The number of anilines is 1. The van der Waals surface area contributed by atoms with Crippen molar-refractivity contribution in [3.8, 4) is 0 Å². The fraction of sp³-hybridized carbons (Fsp3) is 0.812. The van der Waals surface area contributed by atoms with Crippen LogP contribution in [-0.2, 0) is 13.0 Å². The molecule has 114 valence electrons. The van der Waals surface area contributed by atoms with E-state index in [1.807, 2.05) is 0 Å². The zero-order valence-electron chi connectivity index (χ0n) is 13.4. The Morgan fingerprint density at radius 1 is 1.40 bits per heavy atom. The summed E-state index contributed by atoms with van der Waals surface area (Å²) in [4.78, 5) is 7.37. The zero-order chi connectivity index (χ0) is 14.4. The molecule has 1 aliphatic heterocycles. The summed E-state index contributed by atoms with van der Waals surface area (Å²) in [6.45, 7) is 8.97. The Hall–Kier alpha value is -1.03. The Labute approximate surface area is 123 Å². The summed E-state index contributed by atoms with van der Waals surface area (Å²) in [5.41, 5.74) is 1.23. The van der Waals surface area contributed by atoms with Gasteiger partial charge in [-0.1, -0.05) is 20.3 Å². The van der Waals surface area contributed by atoms with E-state index in [-0.39, 0.29) is 0 Å². The number of aromatic nitrogens is 2. The molecule has 1 N–H and O–H groups in total. The van der Waals surface area contributed by atoms with Crippen LogP contribution in [0.1, 0.15) is 45.2 Å². The lowest BCUT2D eigenvalue weighted by Gasteiger charge is -2.33. The minimum absolute atomic E-state index is 0.759. The molecule has 1 aromatic heterocycles. The molecule has 1 aromatic rings. The fourth-order valence-corrected chi connectivity index (χ4v) is 3.08. The van der Waals surface area contributed by atoms with Crippen LogP contribution in [-0.4, -0.2) is 36.2 Å². The van der Waals surface area contributed by atoms with Gasteiger partial charge < -0.3 is 14.8 Å². The molecule has 1 saturated heterocycles. The highest BCUT2D eigenvalue weighted by Crippen LogP contribution is 2.23. The van der Waals surface area contributed by atoms with Crippen LogP contribution in [0.15, 0.2) is 6.20 Å². The number of nitrogens with one attached hydrogen (secondary N) is 1. The van der Waals surface area contributed by atoms with Gasteiger partial charge in [0.25, 0.3) is 0 Å². The van der Waals surface area contributed by atoms with Gasteiger partial charge in [-0.25, -0.2) is 4.98 Å². The highest BCUT2D eigenvalue weighted by atomic mass is 15.3. The van der Waals surface area contributed by atoms with Gasteiger partial charge in [-0.05, 0) is 45.2 Å². The van der Waals surface area contributed by atoms with E-state index in [9.17, 15) is 0 Å². The van der Waals surface area contributed by atoms with Gasteiger partial charge in [-0.15, -0.1) is 0 Å². The first-order valence-electron chi connectivity index (χ1n) is 8.24. The Balaban J connectivity index is 2.10. The Morgan fingerprint density at radius 3 is 2.95 bits per heavy atom. The number of unbranched alkanes of at least 4 members (excludes halogenated alkanes) is 1. The predicted molar refractivity (Wildman–Crippen MR) is 85.4 cm³/mol. The minimum atomic E-state index is 0.759. The lowest BCUT2D eigenvalue weighted by atomic mass is 9.98. The van der Waals surface area contributed by atoms with E-state index in [0.717, 1.165) is 38.5 Å². The van der Waals surface area contributed by atoms with Gasteiger partial charge in [-0.3, -0.25) is 0 Å². The van der Waals surface area contributed by atoms with Gasteiger partial charge in [0.15, 0.2) is 0 Å². The van der Waals surface area contributed by atoms with Crippen molar-refractivity contribution in [1.82, 2.24) is 14.9 Å². The normalized spacial score (nSPS) is 19.6. The van der Waals surface area contributed by atoms with Crippen LogP contribution in [0, 0.1) is 5.92 Å². The fourth-order valence-electron chi connectivity index (χ4n) is 3.08. The molecule has 0 aliphatic carbocycles. The molecule has 0 spiro atoms. The second kappa shape index (κ2) is 7.67. The van der Waals surface area contributed by atoms with Crippen LogP contribution in [0.5, 0.6) is 0 Å². The average molecular weight is 278 g/mol. The van der Waals surface area contributed by atoms with Gasteiger partial charge >= 0.3 is 0 Å². The first-order chi connectivity index (χ1) is 9.78. The van der Waals surface area contributed by atoms with E-state index >= 15 is 0 Å². The van der Waals surface area contributed by atoms with Crippen LogP contribution < -0.4 is 10.2 Å². The standard InChI is InChI=1S/C16H30N4/c1-4-6-9-20-13-15(5-2)18-16(20)19-10-7-8-14(12-19)11-17-3/h13-14,17H,4-12H2,1-3H3. The van der Waals surface area contributed by atoms with Crippen molar-refractivity contribution in [1.29, 1.82) is 0 Å². The van der Waals surface area contributed by atoms with E-state index in [1.165, 1.54) is 37.3 Å². The van der Waals surface area contributed by atoms with Crippen molar-refractivity contribution in [2.24, 2.45) is 5.92 Å². The van der Waals surface area contributed by atoms with Gasteiger partial charge in [0.2, 0.25) is 5.95 Å². The van der Waals surface area contributed by atoms with Crippen molar-refractivity contribution < 1.29 is 0 Å². The number of hydrogen-bond donors (Lipinski definition) is 1. The monoisotopic (exact) mass is 278 g/mol. The SMILES string of the molecule is CCCCn1cc(CC)nc1N1CCCC(CNC)C1. The van der Waals surface area contributed by atoms with Crippen molar-refractivity contribution in [3.63, 3.8) is 0 Å². The third-order valence-corrected chi connectivity index (χ3v) is 4.21. The summed E-state index contributed by atoms with van der Waals surface area (Å²) >= 11 is 0. The van der Waals surface area contributed by atoms with Crippen molar-refractivity contribution >= 4 is 5.95 Å². The Bertz CT molecular complexity index is 397. The molecule has 0 bridgehead atoms. The molecule has 0 aromatic carbocycles. The summed E-state index contributed by atoms with van der Waals surface area (Å²) in [6.07, 6.45) is 8.39. The second-order valence-electron chi connectivity index (χ2n) is 5.94. The highest BCUT2D eigenvalue weighted by molar-refractivity contribution is 5.34. The largest absolute Gasteiger partial charge is 0.342 e. The van der Waals surface area contributed by atoms with E-state index in [1.54, 1.807) is 0 Å². The molecule has 1 aliphatic rings. The zero-order valence-corrected chi connectivity index (χ0v) is 13.4. The molecule has 0 radical (unpaired) electrons. The van der Waals surface area contributed by atoms with Gasteiger partial charge in [0.1, 0.15) is 0 Å². The lowest BCUT2D eigenvalue weighted by molar-refractivity contribution is 0.396.